The van der Waals surface area contributed by atoms with Crippen LogP contribution in [-0.2, 0) is 11.3 Å². The van der Waals surface area contributed by atoms with Gasteiger partial charge < -0.3 is 9.84 Å². The molecule has 1 atom stereocenters. The van der Waals surface area contributed by atoms with Crippen molar-refractivity contribution in [1.29, 1.82) is 0 Å². The lowest BCUT2D eigenvalue weighted by Crippen LogP contribution is -2.50. The maximum Gasteiger partial charge on any atom is 0.123 e. The zero-order valence-electron chi connectivity index (χ0n) is 14.2. The van der Waals surface area contributed by atoms with Crippen molar-refractivity contribution in [2.24, 2.45) is 0 Å². The molecular formula is C18H28FN3O2. The number of morpholine rings is 1. The van der Waals surface area contributed by atoms with Crippen molar-refractivity contribution in [2.45, 2.75) is 12.6 Å². The molecule has 0 radical (unpaired) electrons. The third-order valence-electron chi connectivity index (χ3n) is 4.80. The van der Waals surface area contributed by atoms with Crippen LogP contribution in [0.1, 0.15) is 5.56 Å². The van der Waals surface area contributed by atoms with E-state index in [1.807, 2.05) is 6.07 Å². The van der Waals surface area contributed by atoms with E-state index in [1.54, 1.807) is 12.1 Å². The third-order valence-corrected chi connectivity index (χ3v) is 4.80. The van der Waals surface area contributed by atoms with E-state index in [2.05, 4.69) is 14.7 Å². The molecule has 2 heterocycles. The number of ether oxygens (including phenoxy) is 1. The van der Waals surface area contributed by atoms with Crippen LogP contribution < -0.4 is 0 Å². The second kappa shape index (κ2) is 8.87. The van der Waals surface area contributed by atoms with E-state index in [4.69, 9.17) is 4.74 Å². The van der Waals surface area contributed by atoms with Crippen LogP contribution >= 0.6 is 0 Å². The number of rotatable bonds is 6. The van der Waals surface area contributed by atoms with Gasteiger partial charge in [-0.05, 0) is 17.7 Å². The third kappa shape index (κ3) is 5.50. The summed E-state index contributed by atoms with van der Waals surface area (Å²) in [7, 11) is 0. The summed E-state index contributed by atoms with van der Waals surface area (Å²) >= 11 is 0. The second-order valence-corrected chi connectivity index (χ2v) is 6.77. The van der Waals surface area contributed by atoms with Gasteiger partial charge in [-0.3, -0.25) is 14.7 Å². The molecule has 3 rings (SSSR count). The highest BCUT2D eigenvalue weighted by Crippen LogP contribution is 2.11. The molecule has 0 aliphatic carbocycles. The Balaban J connectivity index is 1.37. The first-order chi connectivity index (χ1) is 11.7. The second-order valence-electron chi connectivity index (χ2n) is 6.77. The molecule has 5 nitrogen and oxygen atoms in total. The summed E-state index contributed by atoms with van der Waals surface area (Å²) in [6.45, 7) is 9.44. The highest BCUT2D eigenvalue weighted by Gasteiger charge is 2.21. The van der Waals surface area contributed by atoms with Crippen molar-refractivity contribution < 1.29 is 14.2 Å². The Hall–Kier alpha value is -1.05. The Bertz CT molecular complexity index is 503. The van der Waals surface area contributed by atoms with Gasteiger partial charge in [-0.2, -0.15) is 0 Å². The van der Waals surface area contributed by atoms with Gasteiger partial charge in [0.2, 0.25) is 0 Å². The highest BCUT2D eigenvalue weighted by molar-refractivity contribution is 5.16. The molecule has 1 aromatic carbocycles. The van der Waals surface area contributed by atoms with E-state index in [0.29, 0.717) is 0 Å². The van der Waals surface area contributed by atoms with Crippen LogP contribution in [0.4, 0.5) is 4.39 Å². The zero-order valence-corrected chi connectivity index (χ0v) is 14.2. The number of aliphatic hydroxyl groups excluding tert-OH is 1. The number of nitrogens with zero attached hydrogens (tertiary/aromatic N) is 3. The molecule has 1 N–H and O–H groups in total. The van der Waals surface area contributed by atoms with Crippen molar-refractivity contribution in [2.75, 3.05) is 65.6 Å². The molecular weight excluding hydrogens is 309 g/mol. The minimum absolute atomic E-state index is 0.169. The van der Waals surface area contributed by atoms with Gasteiger partial charge in [-0.1, -0.05) is 12.1 Å². The van der Waals surface area contributed by atoms with Crippen molar-refractivity contribution >= 4 is 0 Å². The first kappa shape index (κ1) is 17.8. The fourth-order valence-corrected chi connectivity index (χ4v) is 3.46. The van der Waals surface area contributed by atoms with Gasteiger partial charge >= 0.3 is 0 Å². The van der Waals surface area contributed by atoms with Crippen LogP contribution in [0.25, 0.3) is 0 Å². The summed E-state index contributed by atoms with van der Waals surface area (Å²) in [5.74, 6) is -0.169. The zero-order chi connectivity index (χ0) is 16.8. The number of aliphatic hydroxyl groups is 1. The summed E-state index contributed by atoms with van der Waals surface area (Å²) in [4.78, 5) is 6.95. The lowest BCUT2D eigenvalue weighted by atomic mass is 10.2. The predicted octanol–water partition coefficient (Wildman–Crippen LogP) is 0.636. The molecule has 1 unspecified atom stereocenters. The van der Waals surface area contributed by atoms with Crippen LogP contribution in [0.15, 0.2) is 24.3 Å². The lowest BCUT2D eigenvalue weighted by Gasteiger charge is -2.36. The van der Waals surface area contributed by atoms with E-state index in [0.717, 1.165) is 77.7 Å². The number of β-amino-alcohol motifs (C(OH)–C–C–N with tert-alkyl or cyclic N) is 1. The van der Waals surface area contributed by atoms with Crippen LogP contribution in [0, 0.1) is 5.82 Å². The fourth-order valence-electron chi connectivity index (χ4n) is 3.46. The molecule has 6 heteroatoms. The molecule has 2 fully saturated rings. The monoisotopic (exact) mass is 337 g/mol. The van der Waals surface area contributed by atoms with Gasteiger partial charge in [0, 0.05) is 58.9 Å². The van der Waals surface area contributed by atoms with Gasteiger partial charge in [-0.25, -0.2) is 4.39 Å². The number of piperazine rings is 1. The standard InChI is InChI=1S/C18H28FN3O2/c19-17-3-1-2-16(12-17)13-20-4-6-21(7-5-20)14-18(23)15-22-8-10-24-11-9-22/h1-3,12,18,23H,4-11,13-15H2. The summed E-state index contributed by atoms with van der Waals surface area (Å²) < 4.78 is 18.6. The maximum atomic E-state index is 13.3. The number of hydrogen-bond acceptors (Lipinski definition) is 5. The SMILES string of the molecule is OC(CN1CCOCC1)CN1CCN(Cc2cccc(F)c2)CC1. The molecule has 0 aromatic heterocycles. The highest BCUT2D eigenvalue weighted by atomic mass is 19.1. The summed E-state index contributed by atoms with van der Waals surface area (Å²) in [5.41, 5.74) is 1.02. The van der Waals surface area contributed by atoms with E-state index >= 15 is 0 Å². The maximum absolute atomic E-state index is 13.3. The molecule has 0 spiro atoms. The van der Waals surface area contributed by atoms with E-state index < -0.39 is 0 Å². The molecule has 134 valence electrons. The first-order valence-electron chi connectivity index (χ1n) is 8.86. The van der Waals surface area contributed by atoms with Gasteiger partial charge in [0.05, 0.1) is 19.3 Å². The van der Waals surface area contributed by atoms with E-state index in [9.17, 15) is 9.50 Å². The topological polar surface area (TPSA) is 39.2 Å². The Morgan fingerprint density at radius 2 is 1.58 bits per heavy atom. The molecule has 0 bridgehead atoms. The van der Waals surface area contributed by atoms with Gasteiger partial charge in [0.1, 0.15) is 5.82 Å². The van der Waals surface area contributed by atoms with Crippen molar-refractivity contribution in [3.05, 3.63) is 35.6 Å². The Labute approximate surface area is 143 Å². The smallest absolute Gasteiger partial charge is 0.123 e. The number of halogens is 1. The Kier molecular flexibility index (Phi) is 6.57. The summed E-state index contributed by atoms with van der Waals surface area (Å²) in [5, 5.41) is 10.3. The van der Waals surface area contributed by atoms with Gasteiger partial charge in [0.25, 0.3) is 0 Å². The molecule has 2 saturated heterocycles. The molecule has 2 aliphatic heterocycles. The van der Waals surface area contributed by atoms with Crippen LogP contribution in [0.5, 0.6) is 0 Å². The Morgan fingerprint density at radius 3 is 2.25 bits per heavy atom. The Morgan fingerprint density at radius 1 is 0.958 bits per heavy atom. The van der Waals surface area contributed by atoms with Crippen molar-refractivity contribution in [3.63, 3.8) is 0 Å². The van der Waals surface area contributed by atoms with Crippen molar-refractivity contribution in [3.8, 4) is 0 Å². The van der Waals surface area contributed by atoms with Crippen molar-refractivity contribution in [1.82, 2.24) is 14.7 Å². The molecule has 2 aliphatic rings. The summed E-state index contributed by atoms with van der Waals surface area (Å²) in [6, 6.07) is 6.83. The quantitative estimate of drug-likeness (QED) is 0.825. The largest absolute Gasteiger partial charge is 0.390 e. The molecule has 0 amide bonds. The average molecular weight is 337 g/mol. The normalized spacial score (nSPS) is 22.6. The predicted molar refractivity (Wildman–Crippen MR) is 91.4 cm³/mol. The number of hydrogen-bond donors (Lipinski definition) is 1. The molecule has 0 saturated carbocycles. The van der Waals surface area contributed by atoms with Crippen LogP contribution in [0.3, 0.4) is 0 Å². The van der Waals surface area contributed by atoms with E-state index in [-0.39, 0.29) is 11.9 Å². The minimum atomic E-state index is -0.308. The summed E-state index contributed by atoms with van der Waals surface area (Å²) in [6.07, 6.45) is -0.308. The lowest BCUT2D eigenvalue weighted by molar-refractivity contribution is 0.00217. The molecule has 24 heavy (non-hydrogen) atoms. The van der Waals surface area contributed by atoms with Gasteiger partial charge in [0.15, 0.2) is 0 Å². The van der Waals surface area contributed by atoms with E-state index in [1.165, 1.54) is 6.07 Å². The molecule has 1 aromatic rings. The first-order valence-corrected chi connectivity index (χ1v) is 8.86. The minimum Gasteiger partial charge on any atom is -0.390 e. The van der Waals surface area contributed by atoms with Crippen LogP contribution in [-0.4, -0.2) is 91.5 Å². The van der Waals surface area contributed by atoms with Gasteiger partial charge in [-0.15, -0.1) is 0 Å². The van der Waals surface area contributed by atoms with Crippen LogP contribution in [0.2, 0.25) is 0 Å². The average Bonchev–Trinajstić information content (AvgIpc) is 2.57. The number of benzene rings is 1. The fraction of sp³-hybridized carbons (Fsp3) is 0.667.